The molecule has 0 aliphatic heterocycles. The molecule has 0 unspecified atom stereocenters. The Balaban J connectivity index is 2.27. The minimum atomic E-state index is 0.0570. The van der Waals surface area contributed by atoms with Crippen LogP contribution in [0.4, 0.5) is 5.69 Å². The smallest absolute Gasteiger partial charge is 0.247 e. The number of nitrogens with zero attached hydrogens (tertiary/aromatic N) is 3. The van der Waals surface area contributed by atoms with Gasteiger partial charge < -0.3 is 9.32 Å². The van der Waals surface area contributed by atoms with Gasteiger partial charge in [-0.05, 0) is 38.0 Å². The van der Waals surface area contributed by atoms with Crippen molar-refractivity contribution >= 4 is 40.5 Å². The van der Waals surface area contributed by atoms with Crippen molar-refractivity contribution in [1.29, 1.82) is 0 Å². The molecule has 0 saturated heterocycles. The number of rotatable bonds is 6. The number of hydrogen-bond acceptors (Lipinski definition) is 3. The summed E-state index contributed by atoms with van der Waals surface area (Å²) in [6.07, 6.45) is 1.97. The van der Waals surface area contributed by atoms with Gasteiger partial charge in [0.15, 0.2) is 0 Å². The van der Waals surface area contributed by atoms with E-state index in [2.05, 4.69) is 6.92 Å². The summed E-state index contributed by atoms with van der Waals surface area (Å²) in [7, 11) is 0. The van der Waals surface area contributed by atoms with Crippen LogP contribution >= 0.6 is 23.2 Å². The molecule has 0 spiro atoms. The second-order valence-corrected chi connectivity index (χ2v) is 7.24. The predicted octanol–water partition coefficient (Wildman–Crippen LogP) is 5.92. The van der Waals surface area contributed by atoms with Crippen molar-refractivity contribution in [3.8, 4) is 11.3 Å². The van der Waals surface area contributed by atoms with Crippen molar-refractivity contribution < 1.29 is 9.21 Å². The third-order valence-corrected chi connectivity index (χ3v) is 5.07. The van der Waals surface area contributed by atoms with Gasteiger partial charge in [-0.2, -0.15) is 9.61 Å². The number of fused-ring (bicyclic) bond motifs is 1. The summed E-state index contributed by atoms with van der Waals surface area (Å²) >= 11 is 12.5. The van der Waals surface area contributed by atoms with E-state index in [1.54, 1.807) is 21.5 Å². The molecule has 0 N–H and O–H groups in total. The molecule has 5 nitrogen and oxygen atoms in total. The average Bonchev–Trinajstić information content (AvgIpc) is 3.14. The highest BCUT2D eigenvalue weighted by molar-refractivity contribution is 6.36. The maximum absolute atomic E-state index is 12.6. The van der Waals surface area contributed by atoms with Gasteiger partial charge in [0.25, 0.3) is 0 Å². The Kier molecular flexibility index (Phi) is 5.82. The van der Waals surface area contributed by atoms with Crippen LogP contribution in [0, 0.1) is 6.92 Å². The van der Waals surface area contributed by atoms with Crippen LogP contribution in [0.5, 0.6) is 0 Å². The van der Waals surface area contributed by atoms with Gasteiger partial charge in [0, 0.05) is 23.6 Å². The molecule has 0 atom stereocenters. The summed E-state index contributed by atoms with van der Waals surface area (Å²) in [5.41, 5.74) is 3.72. The standard InChI is InChI=1S/C20H23Cl2N3O2/c1-5-10-24(17(26)7-3)19-16(6-2)23-25-18(12(4)27-20(19)25)14-9-8-13(21)11-15(14)22/h8-9,11H,5-7,10H2,1-4H3. The van der Waals surface area contributed by atoms with Crippen molar-refractivity contribution in [2.24, 2.45) is 0 Å². The molecular formula is C20H23Cl2N3O2. The van der Waals surface area contributed by atoms with Crippen molar-refractivity contribution in [2.45, 2.75) is 47.0 Å². The molecule has 3 rings (SSSR count). The first kappa shape index (κ1) is 19.8. The van der Waals surface area contributed by atoms with Gasteiger partial charge in [-0.1, -0.05) is 44.0 Å². The lowest BCUT2D eigenvalue weighted by Gasteiger charge is -2.20. The summed E-state index contributed by atoms with van der Waals surface area (Å²) in [4.78, 5) is 14.4. The first-order valence-electron chi connectivity index (χ1n) is 9.19. The van der Waals surface area contributed by atoms with Gasteiger partial charge in [-0.25, -0.2) is 0 Å². The topological polar surface area (TPSA) is 50.8 Å². The van der Waals surface area contributed by atoms with Gasteiger partial charge in [0.2, 0.25) is 11.6 Å². The second kappa shape index (κ2) is 7.95. The first-order valence-corrected chi connectivity index (χ1v) is 9.95. The fourth-order valence-electron chi connectivity index (χ4n) is 3.29. The fourth-order valence-corrected chi connectivity index (χ4v) is 3.79. The lowest BCUT2D eigenvalue weighted by molar-refractivity contribution is -0.118. The number of hydrogen-bond donors (Lipinski definition) is 0. The fraction of sp³-hybridized carbons (Fsp3) is 0.400. The lowest BCUT2D eigenvalue weighted by atomic mass is 10.1. The highest BCUT2D eigenvalue weighted by atomic mass is 35.5. The average molecular weight is 408 g/mol. The molecule has 0 aliphatic carbocycles. The molecule has 27 heavy (non-hydrogen) atoms. The van der Waals surface area contributed by atoms with Crippen molar-refractivity contribution in [3.63, 3.8) is 0 Å². The van der Waals surface area contributed by atoms with Gasteiger partial charge in [0.05, 0.1) is 10.7 Å². The zero-order valence-electron chi connectivity index (χ0n) is 16.0. The highest BCUT2D eigenvalue weighted by Gasteiger charge is 2.28. The van der Waals surface area contributed by atoms with Crippen LogP contribution in [0.2, 0.25) is 10.0 Å². The summed E-state index contributed by atoms with van der Waals surface area (Å²) in [6.45, 7) is 8.43. The van der Waals surface area contributed by atoms with E-state index in [0.717, 1.165) is 29.1 Å². The lowest BCUT2D eigenvalue weighted by Crippen LogP contribution is -2.31. The van der Waals surface area contributed by atoms with Crippen molar-refractivity contribution in [2.75, 3.05) is 11.4 Å². The van der Waals surface area contributed by atoms with E-state index in [1.807, 2.05) is 26.8 Å². The summed E-state index contributed by atoms with van der Waals surface area (Å²) in [5.74, 6) is 0.743. The van der Waals surface area contributed by atoms with Gasteiger partial charge >= 0.3 is 0 Å². The number of carbonyl (C=O) groups excluding carboxylic acids is 1. The third kappa shape index (κ3) is 3.46. The first-order chi connectivity index (χ1) is 12.9. The molecule has 0 aliphatic rings. The summed E-state index contributed by atoms with van der Waals surface area (Å²) < 4.78 is 7.84. The van der Waals surface area contributed by atoms with Crippen molar-refractivity contribution in [1.82, 2.24) is 9.61 Å². The van der Waals surface area contributed by atoms with Gasteiger partial charge in [0.1, 0.15) is 17.1 Å². The summed E-state index contributed by atoms with van der Waals surface area (Å²) in [6, 6.07) is 5.35. The number of amides is 1. The van der Waals surface area contributed by atoms with E-state index in [0.29, 0.717) is 40.9 Å². The number of carbonyl (C=O) groups is 1. The van der Waals surface area contributed by atoms with Crippen LogP contribution in [0.3, 0.4) is 0 Å². The zero-order valence-corrected chi connectivity index (χ0v) is 17.5. The Morgan fingerprint density at radius 3 is 2.59 bits per heavy atom. The van der Waals surface area contributed by atoms with Gasteiger partial charge in [-0.3, -0.25) is 4.79 Å². The molecule has 144 valence electrons. The zero-order chi connectivity index (χ0) is 19.7. The van der Waals surface area contributed by atoms with E-state index in [9.17, 15) is 4.79 Å². The van der Waals surface area contributed by atoms with Crippen LogP contribution in [-0.4, -0.2) is 22.1 Å². The van der Waals surface area contributed by atoms with E-state index in [4.69, 9.17) is 32.7 Å². The van der Waals surface area contributed by atoms with Crippen LogP contribution < -0.4 is 4.90 Å². The molecule has 0 bridgehead atoms. The highest BCUT2D eigenvalue weighted by Crippen LogP contribution is 2.38. The Labute approximate surface area is 168 Å². The largest absolute Gasteiger partial charge is 0.439 e. The normalized spacial score (nSPS) is 11.3. The summed E-state index contributed by atoms with van der Waals surface area (Å²) in [5, 5.41) is 5.84. The van der Waals surface area contributed by atoms with Crippen LogP contribution in [-0.2, 0) is 11.2 Å². The molecule has 2 aromatic heterocycles. The number of halogens is 2. The molecule has 7 heteroatoms. The van der Waals surface area contributed by atoms with E-state index < -0.39 is 0 Å². The molecule has 0 saturated carbocycles. The monoisotopic (exact) mass is 407 g/mol. The quantitative estimate of drug-likeness (QED) is 0.508. The molecule has 0 radical (unpaired) electrons. The van der Waals surface area contributed by atoms with E-state index in [1.165, 1.54) is 0 Å². The third-order valence-electron chi connectivity index (χ3n) is 4.53. The number of aromatic nitrogens is 2. The molecule has 1 aromatic carbocycles. The Hall–Kier alpha value is -1.98. The minimum absolute atomic E-state index is 0.0570. The number of anilines is 1. The maximum atomic E-state index is 12.6. The molecule has 1 amide bonds. The van der Waals surface area contributed by atoms with Gasteiger partial charge in [-0.15, -0.1) is 0 Å². The number of oxazole rings is 1. The number of benzene rings is 1. The number of aryl methyl sites for hydroxylation is 2. The minimum Gasteiger partial charge on any atom is -0.439 e. The molecule has 3 aromatic rings. The Bertz CT molecular complexity index is 991. The van der Waals surface area contributed by atoms with E-state index >= 15 is 0 Å². The Morgan fingerprint density at radius 1 is 1.26 bits per heavy atom. The SMILES string of the molecule is CCCN(C(=O)CC)c1c(CC)nn2c(-c3ccc(Cl)cc3Cl)c(C)oc12. The predicted molar refractivity (Wildman–Crippen MR) is 110 cm³/mol. The van der Waals surface area contributed by atoms with Crippen LogP contribution in [0.15, 0.2) is 22.6 Å². The van der Waals surface area contributed by atoms with Crippen molar-refractivity contribution in [3.05, 3.63) is 39.7 Å². The van der Waals surface area contributed by atoms with Crippen LogP contribution in [0.1, 0.15) is 45.1 Å². The van der Waals surface area contributed by atoms with E-state index in [-0.39, 0.29) is 5.91 Å². The van der Waals surface area contributed by atoms with Crippen LogP contribution in [0.25, 0.3) is 17.0 Å². The Morgan fingerprint density at radius 2 is 2.00 bits per heavy atom. The molecule has 2 heterocycles. The maximum Gasteiger partial charge on any atom is 0.247 e. The molecular weight excluding hydrogens is 385 g/mol. The molecule has 0 fully saturated rings. The second-order valence-electron chi connectivity index (χ2n) is 6.40.